The summed E-state index contributed by atoms with van der Waals surface area (Å²) < 4.78 is 9.74. The van der Waals surface area contributed by atoms with Crippen molar-refractivity contribution in [1.82, 2.24) is 18.3 Å². The molecular formula is C88H58N4. The average molecular weight is 1170 g/mol. The molecule has 0 N–H and O–H groups in total. The van der Waals surface area contributed by atoms with Crippen molar-refractivity contribution in [2.24, 2.45) is 0 Å². The van der Waals surface area contributed by atoms with Crippen LogP contribution in [-0.2, 0) is 0 Å². The van der Waals surface area contributed by atoms with Crippen LogP contribution in [-0.4, -0.2) is 18.3 Å². The summed E-state index contributed by atoms with van der Waals surface area (Å²) >= 11 is 0. The number of benzene rings is 15. The van der Waals surface area contributed by atoms with Gasteiger partial charge in [-0.3, -0.25) is 0 Å². The minimum atomic E-state index is 1.15. The third kappa shape index (κ3) is 8.60. The molecule has 0 spiro atoms. The molecule has 4 heteroatoms. The number of aromatic nitrogens is 4. The molecule has 19 rings (SSSR count). The van der Waals surface area contributed by atoms with Crippen molar-refractivity contribution >= 4 is 98.0 Å². The van der Waals surface area contributed by atoms with Gasteiger partial charge < -0.3 is 18.3 Å². The van der Waals surface area contributed by atoms with E-state index in [4.69, 9.17) is 0 Å². The van der Waals surface area contributed by atoms with Crippen LogP contribution in [0.4, 0.5) is 0 Å². The highest BCUT2D eigenvalue weighted by Gasteiger charge is 2.23. The zero-order valence-electron chi connectivity index (χ0n) is 50.3. The van der Waals surface area contributed by atoms with Gasteiger partial charge in [0.05, 0.1) is 44.1 Å². The van der Waals surface area contributed by atoms with Crippen molar-refractivity contribution in [3.8, 4) is 67.3 Å². The van der Waals surface area contributed by atoms with Crippen LogP contribution in [0, 0.1) is 0 Å². The molecule has 19 aromatic rings. The highest BCUT2D eigenvalue weighted by atomic mass is 15.0. The molecule has 0 aliphatic rings. The highest BCUT2D eigenvalue weighted by molar-refractivity contribution is 6.27. The van der Waals surface area contributed by atoms with Crippen molar-refractivity contribution in [3.63, 3.8) is 0 Å². The van der Waals surface area contributed by atoms with Crippen LogP contribution in [0.5, 0.6) is 0 Å². The van der Waals surface area contributed by atoms with Crippen molar-refractivity contribution in [1.29, 1.82) is 0 Å². The van der Waals surface area contributed by atoms with Gasteiger partial charge in [0, 0.05) is 65.8 Å². The molecule has 92 heavy (non-hydrogen) atoms. The van der Waals surface area contributed by atoms with E-state index in [9.17, 15) is 0 Å². The van der Waals surface area contributed by atoms with Gasteiger partial charge in [-0.15, -0.1) is 0 Å². The van der Waals surface area contributed by atoms with E-state index in [0.717, 1.165) is 17.1 Å². The molecule has 0 fully saturated rings. The Morgan fingerprint density at radius 3 is 0.902 bits per heavy atom. The maximum atomic E-state index is 2.46. The normalized spacial score (nSPS) is 11.7. The summed E-state index contributed by atoms with van der Waals surface area (Å²) in [4.78, 5) is 0. The maximum absolute atomic E-state index is 2.46. The van der Waals surface area contributed by atoms with E-state index >= 15 is 0 Å². The summed E-state index contributed by atoms with van der Waals surface area (Å²) in [6, 6.07) is 127. The maximum Gasteiger partial charge on any atom is 0.0641 e. The summed E-state index contributed by atoms with van der Waals surface area (Å²) in [5.41, 5.74) is 24.2. The first-order valence-electron chi connectivity index (χ1n) is 31.7. The van der Waals surface area contributed by atoms with Crippen molar-refractivity contribution < 1.29 is 0 Å². The number of nitrogens with zero attached hydrogens (tertiary/aromatic N) is 4. The molecule has 0 aliphatic heterocycles. The Hall–Kier alpha value is -12.2. The molecule has 430 valence electrons. The van der Waals surface area contributed by atoms with Crippen LogP contribution < -0.4 is 0 Å². The Labute approximate surface area is 532 Å². The zero-order valence-corrected chi connectivity index (χ0v) is 50.3. The lowest BCUT2D eigenvalue weighted by atomic mass is 9.98. The number of para-hydroxylation sites is 5. The molecule has 15 aromatic carbocycles. The fourth-order valence-corrected chi connectivity index (χ4v) is 14.7. The Bertz CT molecular complexity index is 5990. The van der Waals surface area contributed by atoms with E-state index in [2.05, 4.69) is 370 Å². The van der Waals surface area contributed by atoms with E-state index in [0.29, 0.717) is 0 Å². The lowest BCUT2D eigenvalue weighted by molar-refractivity contribution is 1.17. The minimum Gasteiger partial charge on any atom is -0.309 e. The highest BCUT2D eigenvalue weighted by Crippen LogP contribution is 2.45. The summed E-state index contributed by atoms with van der Waals surface area (Å²) in [5, 5.41) is 12.7. The van der Waals surface area contributed by atoms with Gasteiger partial charge in [0.25, 0.3) is 0 Å². The molecule has 0 saturated heterocycles. The summed E-state index contributed by atoms with van der Waals surface area (Å²) in [6.07, 6.45) is 0. The summed E-state index contributed by atoms with van der Waals surface area (Å²) in [5.74, 6) is 0. The van der Waals surface area contributed by atoms with E-state index in [-0.39, 0.29) is 0 Å². The topological polar surface area (TPSA) is 19.7 Å². The fourth-order valence-electron chi connectivity index (χ4n) is 14.7. The van der Waals surface area contributed by atoms with Crippen LogP contribution >= 0.6 is 0 Å². The molecule has 4 heterocycles. The van der Waals surface area contributed by atoms with Gasteiger partial charge in [-0.25, -0.2) is 0 Å². The largest absolute Gasteiger partial charge is 0.309 e. The summed E-state index contributed by atoms with van der Waals surface area (Å²) in [7, 11) is 0. The molecule has 0 unspecified atom stereocenters. The minimum absolute atomic E-state index is 1.15. The number of hydrogen-bond donors (Lipinski definition) is 0. The molecule has 0 amide bonds. The predicted molar refractivity (Wildman–Crippen MR) is 389 cm³/mol. The lowest BCUT2D eigenvalue weighted by Gasteiger charge is -2.12. The van der Waals surface area contributed by atoms with Gasteiger partial charge in [-0.2, -0.15) is 0 Å². The average Bonchev–Trinajstić information content (AvgIpc) is 1.56. The lowest BCUT2D eigenvalue weighted by Crippen LogP contribution is -1.95. The standard InChI is InChI=1S/C46H30N2.C42H28N2/c1-2-11-31(12-3-1)32-21-25-36(26-22-32)48-42-19-8-6-16-39(42)40-29-30-44-45(46(40)48)41-17-7-9-20-43(41)47(44)35-27-23-34(24-28-35)38-18-10-14-33-13-4-5-15-37(33)38;1-3-11-29(12-4-1)30-19-21-31(22-20-30)32-23-25-34(26-24-32)43-39-18-10-8-16-37(39)41-40(43)28-27-36-35-15-7-9-17-38(35)44(42(36)41)33-13-5-2-6-14-33/h1-30H;1-28H. The van der Waals surface area contributed by atoms with Crippen molar-refractivity contribution in [2.75, 3.05) is 0 Å². The first-order chi connectivity index (χ1) is 45.7. The molecule has 4 aromatic heterocycles. The van der Waals surface area contributed by atoms with Crippen LogP contribution in [0.25, 0.3) is 165 Å². The van der Waals surface area contributed by atoms with Crippen LogP contribution in [0.2, 0.25) is 0 Å². The van der Waals surface area contributed by atoms with E-state index in [1.165, 1.54) is 148 Å². The monoisotopic (exact) mass is 1170 g/mol. The molecule has 0 bridgehead atoms. The van der Waals surface area contributed by atoms with Crippen molar-refractivity contribution in [3.05, 3.63) is 352 Å². The quantitative estimate of drug-likeness (QED) is 0.144. The zero-order chi connectivity index (χ0) is 60.6. The Morgan fingerprint density at radius 2 is 0.457 bits per heavy atom. The van der Waals surface area contributed by atoms with Crippen LogP contribution in [0.3, 0.4) is 0 Å². The first-order valence-corrected chi connectivity index (χ1v) is 31.7. The second-order valence-corrected chi connectivity index (χ2v) is 23.9. The third-order valence-electron chi connectivity index (χ3n) is 18.9. The van der Waals surface area contributed by atoms with Crippen LogP contribution in [0.1, 0.15) is 0 Å². The SMILES string of the molecule is c1ccc(-c2ccc(-c3ccc(-n4c5ccccc5c5c4ccc4c6ccccc6n(-c6ccccc6)c45)cc3)cc2)cc1.c1ccc(-c2ccc(-n3c4ccccc4c4ccc5c(c6ccccc6n5-c5ccc(-c6cccc7ccccc67)cc5)c43)cc2)cc1. The summed E-state index contributed by atoms with van der Waals surface area (Å²) in [6.45, 7) is 0. The molecule has 0 atom stereocenters. The Balaban J connectivity index is 0.000000136. The first kappa shape index (κ1) is 52.8. The number of rotatable bonds is 8. The third-order valence-corrected chi connectivity index (χ3v) is 18.9. The van der Waals surface area contributed by atoms with Crippen LogP contribution in [0.15, 0.2) is 352 Å². The van der Waals surface area contributed by atoms with E-state index in [1.807, 2.05) is 0 Å². The predicted octanol–water partition coefficient (Wildman–Crippen LogP) is 23.6. The Kier molecular flexibility index (Phi) is 12.5. The molecular weight excluding hydrogens is 1110 g/mol. The second kappa shape index (κ2) is 21.8. The van der Waals surface area contributed by atoms with Gasteiger partial charge in [0.2, 0.25) is 0 Å². The Morgan fingerprint density at radius 1 is 0.152 bits per heavy atom. The van der Waals surface area contributed by atoms with Gasteiger partial charge in [-0.05, 0) is 140 Å². The van der Waals surface area contributed by atoms with Gasteiger partial charge in [-0.1, -0.05) is 267 Å². The number of fused-ring (bicyclic) bond motifs is 15. The van der Waals surface area contributed by atoms with Gasteiger partial charge in [0.15, 0.2) is 0 Å². The van der Waals surface area contributed by atoms with E-state index in [1.54, 1.807) is 0 Å². The van der Waals surface area contributed by atoms with Crippen molar-refractivity contribution in [2.45, 2.75) is 0 Å². The fraction of sp³-hybridized carbons (Fsp3) is 0. The second-order valence-electron chi connectivity index (χ2n) is 23.9. The number of hydrogen-bond acceptors (Lipinski definition) is 0. The molecule has 0 saturated carbocycles. The molecule has 4 nitrogen and oxygen atoms in total. The van der Waals surface area contributed by atoms with E-state index < -0.39 is 0 Å². The molecule has 0 aliphatic carbocycles. The smallest absolute Gasteiger partial charge is 0.0641 e. The van der Waals surface area contributed by atoms with Gasteiger partial charge >= 0.3 is 0 Å². The van der Waals surface area contributed by atoms with Gasteiger partial charge in [0.1, 0.15) is 0 Å². The molecule has 0 radical (unpaired) electrons.